The monoisotopic (exact) mass is 347 g/mol. The number of hydrogen-bond acceptors (Lipinski definition) is 3. The molecule has 1 fully saturated rings. The third-order valence-corrected chi connectivity index (χ3v) is 4.12. The highest BCUT2D eigenvalue weighted by atomic mass is 35.5. The van der Waals surface area contributed by atoms with Gasteiger partial charge in [-0.25, -0.2) is 4.79 Å². The zero-order valence-corrected chi connectivity index (χ0v) is 13.7. The predicted octanol–water partition coefficient (Wildman–Crippen LogP) is 1.27. The molecule has 1 aliphatic heterocycles. The fourth-order valence-electron chi connectivity index (χ4n) is 2.62. The van der Waals surface area contributed by atoms with Crippen LogP contribution in [0.4, 0.5) is 4.79 Å². The van der Waals surface area contributed by atoms with Crippen LogP contribution in [0.25, 0.3) is 0 Å². The van der Waals surface area contributed by atoms with E-state index in [1.807, 2.05) is 36.5 Å². The Morgan fingerprint density at radius 1 is 1.38 bits per heavy atom. The maximum absolute atomic E-state index is 12.3. The number of carbonyl (C=O) groups excluding carboxylic acids is 2. The Kier molecular flexibility index (Phi) is 5.00. The van der Waals surface area contributed by atoms with Crippen molar-refractivity contribution >= 4 is 23.5 Å². The molecule has 2 aromatic rings. The zero-order chi connectivity index (χ0) is 16.9. The first-order chi connectivity index (χ1) is 11.6. The van der Waals surface area contributed by atoms with Crippen molar-refractivity contribution in [1.82, 2.24) is 25.3 Å². The number of aromatic nitrogens is 2. The Morgan fingerprint density at radius 3 is 2.83 bits per heavy atom. The molecule has 0 bridgehead atoms. The average Bonchev–Trinajstić information content (AvgIpc) is 3.11. The van der Waals surface area contributed by atoms with Crippen LogP contribution in [-0.4, -0.2) is 52.8 Å². The van der Waals surface area contributed by atoms with E-state index in [0.717, 1.165) is 5.56 Å². The Balaban J connectivity index is 1.69. The molecule has 2 N–H and O–H groups in total. The molecule has 0 aliphatic carbocycles. The third-order valence-electron chi connectivity index (χ3n) is 3.87. The largest absolute Gasteiger partial charge is 0.353 e. The van der Waals surface area contributed by atoms with Crippen molar-refractivity contribution in [2.45, 2.75) is 6.04 Å². The van der Waals surface area contributed by atoms with E-state index in [9.17, 15) is 9.59 Å². The van der Waals surface area contributed by atoms with Crippen LogP contribution in [0.1, 0.15) is 11.6 Å². The summed E-state index contributed by atoms with van der Waals surface area (Å²) in [4.78, 5) is 25.2. The quantitative estimate of drug-likeness (QED) is 0.874. The maximum Gasteiger partial charge on any atom is 0.318 e. The summed E-state index contributed by atoms with van der Waals surface area (Å²) in [5, 5.41) is 10.5. The van der Waals surface area contributed by atoms with Crippen LogP contribution in [0.15, 0.2) is 42.7 Å². The first-order valence-corrected chi connectivity index (χ1v) is 8.05. The van der Waals surface area contributed by atoms with Gasteiger partial charge in [-0.1, -0.05) is 23.7 Å². The molecule has 3 amide bonds. The van der Waals surface area contributed by atoms with Crippen molar-refractivity contribution in [2.24, 2.45) is 0 Å². The second-order valence-electron chi connectivity index (χ2n) is 5.51. The number of urea groups is 1. The minimum absolute atomic E-state index is 0.0826. The normalized spacial score (nSPS) is 15.7. The number of rotatable bonds is 4. The van der Waals surface area contributed by atoms with Gasteiger partial charge in [-0.2, -0.15) is 5.10 Å². The first-order valence-electron chi connectivity index (χ1n) is 7.67. The minimum atomic E-state index is -0.254. The van der Waals surface area contributed by atoms with Crippen LogP contribution in [0.5, 0.6) is 0 Å². The highest BCUT2D eigenvalue weighted by Crippen LogP contribution is 2.19. The molecular weight excluding hydrogens is 330 g/mol. The zero-order valence-electron chi connectivity index (χ0n) is 13.0. The summed E-state index contributed by atoms with van der Waals surface area (Å²) in [6.07, 6.45) is 3.54. The molecule has 8 heteroatoms. The molecule has 0 spiro atoms. The molecular formula is C16H18ClN5O2. The highest BCUT2D eigenvalue weighted by molar-refractivity contribution is 6.30. The smallest absolute Gasteiger partial charge is 0.318 e. The van der Waals surface area contributed by atoms with E-state index in [1.165, 1.54) is 4.90 Å². The van der Waals surface area contributed by atoms with Gasteiger partial charge >= 0.3 is 6.03 Å². The van der Waals surface area contributed by atoms with Crippen LogP contribution in [-0.2, 0) is 4.79 Å². The molecule has 0 saturated carbocycles. The molecule has 1 saturated heterocycles. The number of piperazine rings is 1. The number of nitrogens with one attached hydrogen (secondary N) is 2. The first kappa shape index (κ1) is 16.3. The summed E-state index contributed by atoms with van der Waals surface area (Å²) in [6.45, 7) is 1.43. The van der Waals surface area contributed by atoms with E-state index in [2.05, 4.69) is 15.7 Å². The Bertz CT molecular complexity index is 702. The molecule has 7 nitrogen and oxygen atoms in total. The van der Waals surface area contributed by atoms with Crippen molar-refractivity contribution < 1.29 is 9.59 Å². The topological polar surface area (TPSA) is 79.3 Å². The van der Waals surface area contributed by atoms with Gasteiger partial charge in [-0.15, -0.1) is 0 Å². The Labute approximate surface area is 144 Å². The lowest BCUT2D eigenvalue weighted by molar-refractivity contribution is -0.123. The fourth-order valence-corrected chi connectivity index (χ4v) is 2.75. The van der Waals surface area contributed by atoms with Crippen molar-refractivity contribution in [3.63, 3.8) is 0 Å². The second kappa shape index (κ2) is 7.35. The predicted molar refractivity (Wildman–Crippen MR) is 89.8 cm³/mol. The van der Waals surface area contributed by atoms with Crippen LogP contribution in [0, 0.1) is 0 Å². The fraction of sp³-hybridized carbons (Fsp3) is 0.312. The second-order valence-corrected chi connectivity index (χ2v) is 5.95. The maximum atomic E-state index is 12.3. The minimum Gasteiger partial charge on any atom is -0.353 e. The van der Waals surface area contributed by atoms with Crippen molar-refractivity contribution in [3.8, 4) is 0 Å². The molecule has 1 aromatic heterocycles. The number of carbonyl (C=O) groups is 2. The van der Waals surface area contributed by atoms with Gasteiger partial charge in [0.05, 0.1) is 6.04 Å². The van der Waals surface area contributed by atoms with Crippen LogP contribution in [0.2, 0.25) is 5.02 Å². The van der Waals surface area contributed by atoms with Gasteiger partial charge in [-0.05, 0) is 23.8 Å². The molecule has 0 radical (unpaired) electrons. The van der Waals surface area contributed by atoms with E-state index in [1.54, 1.807) is 10.9 Å². The summed E-state index contributed by atoms with van der Waals surface area (Å²) < 4.78 is 1.78. The van der Waals surface area contributed by atoms with Crippen molar-refractivity contribution in [2.75, 3.05) is 26.2 Å². The molecule has 2 heterocycles. The van der Waals surface area contributed by atoms with Gasteiger partial charge in [0.15, 0.2) is 0 Å². The highest BCUT2D eigenvalue weighted by Gasteiger charge is 2.22. The van der Waals surface area contributed by atoms with E-state index in [0.29, 0.717) is 24.7 Å². The van der Waals surface area contributed by atoms with E-state index < -0.39 is 0 Å². The van der Waals surface area contributed by atoms with Crippen LogP contribution in [0.3, 0.4) is 0 Å². The molecule has 1 atom stereocenters. The molecule has 3 rings (SSSR count). The summed E-state index contributed by atoms with van der Waals surface area (Å²) in [5.41, 5.74) is 0.986. The average molecular weight is 348 g/mol. The lowest BCUT2D eigenvalue weighted by Gasteiger charge is -2.28. The Morgan fingerprint density at radius 2 is 2.17 bits per heavy atom. The van der Waals surface area contributed by atoms with Gasteiger partial charge in [0.1, 0.15) is 6.54 Å². The lowest BCUT2D eigenvalue weighted by Crippen LogP contribution is -2.53. The summed E-state index contributed by atoms with van der Waals surface area (Å²) in [6, 6.07) is 8.87. The number of amides is 3. The van der Waals surface area contributed by atoms with Gasteiger partial charge in [-0.3, -0.25) is 9.48 Å². The van der Waals surface area contributed by atoms with Gasteiger partial charge in [0, 0.05) is 37.1 Å². The SMILES string of the molecule is O=C1CN(C(=O)NC[C@@H](c2ccc(Cl)cc2)n2cccn2)CCN1. The van der Waals surface area contributed by atoms with Crippen molar-refractivity contribution in [1.29, 1.82) is 0 Å². The third kappa shape index (κ3) is 3.86. The lowest BCUT2D eigenvalue weighted by atomic mass is 10.1. The van der Waals surface area contributed by atoms with Gasteiger partial charge in [0.25, 0.3) is 0 Å². The standard InChI is InChI=1S/C16H18ClN5O2/c17-13-4-2-12(3-5-13)14(22-8-1-6-20-22)10-19-16(24)21-9-7-18-15(23)11-21/h1-6,8,14H,7,9-11H2,(H,18,23)(H,19,24)/t14-/m0/s1. The van der Waals surface area contributed by atoms with E-state index in [-0.39, 0.29) is 24.5 Å². The number of benzene rings is 1. The van der Waals surface area contributed by atoms with Crippen molar-refractivity contribution in [3.05, 3.63) is 53.3 Å². The number of halogens is 1. The van der Waals surface area contributed by atoms with E-state index >= 15 is 0 Å². The van der Waals surface area contributed by atoms with E-state index in [4.69, 9.17) is 11.6 Å². The molecule has 1 aliphatic rings. The molecule has 24 heavy (non-hydrogen) atoms. The summed E-state index contributed by atoms with van der Waals surface area (Å²) in [5.74, 6) is -0.141. The van der Waals surface area contributed by atoms with Crippen LogP contribution >= 0.6 is 11.6 Å². The Hall–Kier alpha value is -2.54. The molecule has 0 unspecified atom stereocenters. The molecule has 126 valence electrons. The van der Waals surface area contributed by atoms with Gasteiger partial charge < -0.3 is 15.5 Å². The number of hydrogen-bond donors (Lipinski definition) is 2. The number of nitrogens with zero attached hydrogens (tertiary/aromatic N) is 3. The summed E-state index contributed by atoms with van der Waals surface area (Å²) in [7, 11) is 0. The van der Waals surface area contributed by atoms with Gasteiger partial charge in [0.2, 0.25) is 5.91 Å². The summed E-state index contributed by atoms with van der Waals surface area (Å²) >= 11 is 5.95. The molecule has 1 aromatic carbocycles. The van der Waals surface area contributed by atoms with Crippen LogP contribution < -0.4 is 10.6 Å².